The summed E-state index contributed by atoms with van der Waals surface area (Å²) in [7, 11) is 0. The van der Waals surface area contributed by atoms with E-state index in [1.807, 2.05) is 6.92 Å². The molecule has 2 heterocycles. The molecule has 1 atom stereocenters. The lowest BCUT2D eigenvalue weighted by molar-refractivity contribution is 0.0898. The van der Waals surface area contributed by atoms with Crippen molar-refractivity contribution in [1.29, 1.82) is 0 Å². The first-order chi connectivity index (χ1) is 8.19. The van der Waals surface area contributed by atoms with Crippen LogP contribution in [0.2, 0.25) is 0 Å². The Kier molecular flexibility index (Phi) is 2.32. The number of nitrogens with zero attached hydrogens (tertiary/aromatic N) is 1. The number of halogens is 1. The summed E-state index contributed by atoms with van der Waals surface area (Å²) in [4.78, 5) is 3.95. The highest BCUT2D eigenvalue weighted by Crippen LogP contribution is 2.43. The maximum absolute atomic E-state index is 13.8. The quantitative estimate of drug-likeness (QED) is 0.849. The molecule has 0 amide bonds. The first-order valence-electron chi connectivity index (χ1n) is 5.37. The first-order valence-corrected chi connectivity index (χ1v) is 6.18. The maximum Gasteiger partial charge on any atom is 0.181 e. The molecule has 6 heteroatoms. The monoisotopic (exact) mass is 254 g/mol. The minimum absolute atomic E-state index is 0.0235. The summed E-state index contributed by atoms with van der Waals surface area (Å²) in [6, 6.07) is 1.32. The van der Waals surface area contributed by atoms with Gasteiger partial charge < -0.3 is 15.2 Å². The Morgan fingerprint density at radius 1 is 1.65 bits per heavy atom. The van der Waals surface area contributed by atoms with Gasteiger partial charge in [0.1, 0.15) is 22.9 Å². The largest absolute Gasteiger partial charge is 0.484 e. The number of anilines is 1. The Morgan fingerprint density at radius 3 is 3.24 bits per heavy atom. The van der Waals surface area contributed by atoms with Crippen molar-refractivity contribution in [3.05, 3.63) is 11.9 Å². The molecule has 0 aliphatic carbocycles. The fourth-order valence-corrected chi connectivity index (χ4v) is 2.67. The molecule has 1 aromatic carbocycles. The van der Waals surface area contributed by atoms with Crippen LogP contribution in [0.5, 0.6) is 11.5 Å². The number of thiazole rings is 1. The molecule has 0 unspecified atom stereocenters. The number of hydrogen-bond acceptors (Lipinski definition) is 5. The fraction of sp³-hybridized carbons (Fsp3) is 0.364. The third-order valence-corrected chi connectivity index (χ3v) is 3.60. The molecule has 90 valence electrons. The number of hydrogen-bond donors (Lipinski definition) is 1. The maximum atomic E-state index is 13.8. The molecule has 0 radical (unpaired) electrons. The normalized spacial score (nSPS) is 18.6. The summed E-state index contributed by atoms with van der Waals surface area (Å²) < 4.78 is 25.7. The molecule has 0 saturated carbocycles. The molecule has 0 saturated heterocycles. The molecule has 0 spiro atoms. The van der Waals surface area contributed by atoms with Gasteiger partial charge in [0.25, 0.3) is 0 Å². The van der Waals surface area contributed by atoms with Crippen LogP contribution in [0.25, 0.3) is 10.2 Å². The molecular weight excluding hydrogens is 243 g/mol. The minimum Gasteiger partial charge on any atom is -0.484 e. The lowest BCUT2D eigenvalue weighted by Crippen LogP contribution is -2.28. The van der Waals surface area contributed by atoms with Crippen molar-refractivity contribution in [1.82, 2.24) is 4.98 Å². The van der Waals surface area contributed by atoms with Gasteiger partial charge in [0.2, 0.25) is 0 Å². The van der Waals surface area contributed by atoms with Gasteiger partial charge in [-0.1, -0.05) is 18.3 Å². The molecule has 17 heavy (non-hydrogen) atoms. The Hall–Kier alpha value is -1.56. The molecule has 0 bridgehead atoms. The van der Waals surface area contributed by atoms with E-state index in [4.69, 9.17) is 15.2 Å². The fourth-order valence-electron chi connectivity index (χ4n) is 1.83. The predicted octanol–water partition coefficient (Wildman–Crippen LogP) is 2.57. The van der Waals surface area contributed by atoms with Crippen molar-refractivity contribution >= 4 is 26.7 Å². The molecule has 2 N–H and O–H groups in total. The zero-order valence-electron chi connectivity index (χ0n) is 9.20. The van der Waals surface area contributed by atoms with Gasteiger partial charge in [0, 0.05) is 6.07 Å². The van der Waals surface area contributed by atoms with Crippen LogP contribution in [0, 0.1) is 5.82 Å². The first kappa shape index (κ1) is 10.6. The smallest absolute Gasteiger partial charge is 0.181 e. The third kappa shape index (κ3) is 1.59. The average molecular weight is 254 g/mol. The molecule has 1 aliphatic rings. The number of fused-ring (bicyclic) bond motifs is 3. The van der Waals surface area contributed by atoms with E-state index in [1.54, 1.807) is 0 Å². The molecule has 1 aromatic heterocycles. The van der Waals surface area contributed by atoms with Crippen molar-refractivity contribution in [2.75, 3.05) is 12.3 Å². The highest BCUT2D eigenvalue weighted by molar-refractivity contribution is 7.22. The third-order valence-electron chi connectivity index (χ3n) is 2.72. The highest BCUT2D eigenvalue weighted by atomic mass is 32.1. The summed E-state index contributed by atoms with van der Waals surface area (Å²) in [6.45, 7) is 2.47. The van der Waals surface area contributed by atoms with Crippen molar-refractivity contribution in [2.24, 2.45) is 0 Å². The second kappa shape index (κ2) is 3.73. The molecule has 0 fully saturated rings. The minimum atomic E-state index is -0.424. The molecule has 3 rings (SSSR count). The average Bonchev–Trinajstić information content (AvgIpc) is 2.71. The number of aromatic nitrogens is 1. The van der Waals surface area contributed by atoms with Crippen LogP contribution in [0.15, 0.2) is 6.07 Å². The van der Waals surface area contributed by atoms with Crippen LogP contribution in [-0.4, -0.2) is 17.7 Å². The van der Waals surface area contributed by atoms with Crippen LogP contribution in [0.1, 0.15) is 13.3 Å². The number of rotatable bonds is 1. The van der Waals surface area contributed by atoms with Crippen molar-refractivity contribution in [3.63, 3.8) is 0 Å². The van der Waals surface area contributed by atoms with Crippen molar-refractivity contribution in [3.8, 4) is 11.5 Å². The lowest BCUT2D eigenvalue weighted by atomic mass is 10.2. The van der Waals surface area contributed by atoms with Gasteiger partial charge in [0.05, 0.1) is 0 Å². The van der Waals surface area contributed by atoms with Gasteiger partial charge in [-0.2, -0.15) is 0 Å². The van der Waals surface area contributed by atoms with Crippen LogP contribution in [0.4, 0.5) is 9.52 Å². The van der Waals surface area contributed by atoms with E-state index >= 15 is 0 Å². The molecule has 4 nitrogen and oxygen atoms in total. The predicted molar refractivity (Wildman–Crippen MR) is 64.2 cm³/mol. The SMILES string of the molecule is CC[C@H]1COc2c(cc(F)c3nc(N)sc23)O1. The Morgan fingerprint density at radius 2 is 2.47 bits per heavy atom. The van der Waals surface area contributed by atoms with E-state index in [-0.39, 0.29) is 11.6 Å². The molecule has 1 aliphatic heterocycles. The van der Waals surface area contributed by atoms with Crippen LogP contribution >= 0.6 is 11.3 Å². The number of benzene rings is 1. The van der Waals surface area contributed by atoms with Gasteiger partial charge in [-0.05, 0) is 6.42 Å². The number of nitrogens with two attached hydrogens (primary N) is 1. The number of nitrogen functional groups attached to an aromatic ring is 1. The zero-order valence-corrected chi connectivity index (χ0v) is 10.0. The lowest BCUT2D eigenvalue weighted by Gasteiger charge is -2.25. The second-order valence-electron chi connectivity index (χ2n) is 3.87. The molecule has 2 aromatic rings. The van der Waals surface area contributed by atoms with Gasteiger partial charge in [-0.3, -0.25) is 0 Å². The van der Waals surface area contributed by atoms with Crippen molar-refractivity contribution in [2.45, 2.75) is 19.4 Å². The van der Waals surface area contributed by atoms with E-state index < -0.39 is 5.82 Å². The summed E-state index contributed by atoms with van der Waals surface area (Å²) in [5, 5.41) is 0.327. The second-order valence-corrected chi connectivity index (χ2v) is 4.91. The molecular formula is C11H11FN2O2S. The van der Waals surface area contributed by atoms with Crippen molar-refractivity contribution < 1.29 is 13.9 Å². The van der Waals surface area contributed by atoms with Gasteiger partial charge in [-0.25, -0.2) is 9.37 Å². The summed E-state index contributed by atoms with van der Waals surface area (Å²) in [6.07, 6.45) is 0.800. The van der Waals surface area contributed by atoms with Gasteiger partial charge in [-0.15, -0.1) is 0 Å². The van der Waals surface area contributed by atoms with Crippen LogP contribution < -0.4 is 15.2 Å². The summed E-state index contributed by atoms with van der Waals surface area (Å²) in [5.74, 6) is 0.573. The number of ether oxygens (including phenoxy) is 2. The summed E-state index contributed by atoms with van der Waals surface area (Å²) >= 11 is 1.21. The summed E-state index contributed by atoms with van der Waals surface area (Å²) in [5.41, 5.74) is 5.84. The Bertz CT molecular complexity index is 584. The van der Waals surface area contributed by atoms with Gasteiger partial charge >= 0.3 is 0 Å². The van der Waals surface area contributed by atoms with E-state index in [1.165, 1.54) is 17.4 Å². The highest BCUT2D eigenvalue weighted by Gasteiger charge is 2.25. The van der Waals surface area contributed by atoms with E-state index in [9.17, 15) is 4.39 Å². The Labute approximate surface area is 101 Å². The van der Waals surface area contributed by atoms with E-state index in [0.717, 1.165) is 6.42 Å². The van der Waals surface area contributed by atoms with Crippen LogP contribution in [-0.2, 0) is 0 Å². The van der Waals surface area contributed by atoms with E-state index in [2.05, 4.69) is 4.98 Å². The standard InChI is InChI=1S/C11H11FN2O2S/c1-2-5-4-15-9-7(16-5)3-6(12)8-10(9)17-11(13)14-8/h3,5H,2,4H2,1H3,(H2,13,14)/t5-/m0/s1. The van der Waals surface area contributed by atoms with Gasteiger partial charge in [0.15, 0.2) is 22.4 Å². The topological polar surface area (TPSA) is 57.4 Å². The van der Waals surface area contributed by atoms with E-state index in [0.29, 0.717) is 27.9 Å². The Balaban J connectivity index is 2.20. The van der Waals surface area contributed by atoms with Crippen LogP contribution in [0.3, 0.4) is 0 Å². The zero-order chi connectivity index (χ0) is 12.0.